The van der Waals surface area contributed by atoms with E-state index in [0.717, 1.165) is 17.0 Å². The van der Waals surface area contributed by atoms with E-state index in [0.29, 0.717) is 6.54 Å². The van der Waals surface area contributed by atoms with Crippen LogP contribution < -0.4 is 9.64 Å². The molecule has 20 heavy (non-hydrogen) atoms. The Morgan fingerprint density at radius 3 is 2.45 bits per heavy atom. The Morgan fingerprint density at radius 2 is 1.90 bits per heavy atom. The molecule has 2 aromatic carbocycles. The molecule has 3 nitrogen and oxygen atoms in total. The fraction of sp³-hybridized carbons (Fsp3) is 0.188. The van der Waals surface area contributed by atoms with Crippen LogP contribution in [-0.2, 0) is 6.54 Å². The number of halogens is 1. The second kappa shape index (κ2) is 6.07. The van der Waals surface area contributed by atoms with Crippen LogP contribution >= 0.6 is 0 Å². The molecule has 0 unspecified atom stereocenters. The van der Waals surface area contributed by atoms with E-state index in [4.69, 9.17) is 10.00 Å². The average Bonchev–Trinajstić information content (AvgIpc) is 2.48. The van der Waals surface area contributed by atoms with E-state index in [-0.39, 0.29) is 5.56 Å². The largest absolute Gasteiger partial charge is 0.497 e. The van der Waals surface area contributed by atoms with Crippen molar-refractivity contribution in [1.82, 2.24) is 0 Å². The first-order valence-corrected chi connectivity index (χ1v) is 6.17. The highest BCUT2D eigenvalue weighted by Crippen LogP contribution is 2.20. The molecule has 0 bridgehead atoms. The third-order valence-corrected chi connectivity index (χ3v) is 3.09. The smallest absolute Gasteiger partial charge is 0.143 e. The van der Waals surface area contributed by atoms with Crippen molar-refractivity contribution in [2.45, 2.75) is 6.54 Å². The summed E-state index contributed by atoms with van der Waals surface area (Å²) < 4.78 is 18.7. The van der Waals surface area contributed by atoms with Crippen molar-refractivity contribution in [2.24, 2.45) is 0 Å². The van der Waals surface area contributed by atoms with Crippen molar-refractivity contribution >= 4 is 5.69 Å². The average molecular weight is 270 g/mol. The molecular weight excluding hydrogens is 255 g/mol. The fourth-order valence-corrected chi connectivity index (χ4v) is 1.93. The first-order chi connectivity index (χ1) is 9.63. The quantitative estimate of drug-likeness (QED) is 0.855. The molecule has 0 radical (unpaired) electrons. The molecule has 0 aliphatic rings. The number of anilines is 1. The van der Waals surface area contributed by atoms with Gasteiger partial charge in [-0.05, 0) is 35.9 Å². The second-order valence-electron chi connectivity index (χ2n) is 4.48. The molecule has 0 aromatic heterocycles. The van der Waals surface area contributed by atoms with E-state index < -0.39 is 5.82 Å². The third-order valence-electron chi connectivity index (χ3n) is 3.09. The molecule has 0 aliphatic heterocycles. The molecule has 0 spiro atoms. The molecule has 0 heterocycles. The van der Waals surface area contributed by atoms with Gasteiger partial charge < -0.3 is 9.64 Å². The van der Waals surface area contributed by atoms with Crippen molar-refractivity contribution in [3.63, 3.8) is 0 Å². The van der Waals surface area contributed by atoms with Gasteiger partial charge in [-0.1, -0.05) is 12.1 Å². The summed E-state index contributed by atoms with van der Waals surface area (Å²) in [4.78, 5) is 1.92. The zero-order valence-corrected chi connectivity index (χ0v) is 11.4. The molecule has 0 aliphatic carbocycles. The van der Waals surface area contributed by atoms with Crippen molar-refractivity contribution in [2.75, 3.05) is 19.1 Å². The molecule has 0 saturated carbocycles. The minimum Gasteiger partial charge on any atom is -0.497 e. The van der Waals surface area contributed by atoms with Gasteiger partial charge in [-0.2, -0.15) is 5.26 Å². The van der Waals surface area contributed by atoms with Crippen LogP contribution in [0.15, 0.2) is 42.5 Å². The molecule has 4 heteroatoms. The van der Waals surface area contributed by atoms with Gasteiger partial charge in [0, 0.05) is 19.3 Å². The number of hydrogen-bond acceptors (Lipinski definition) is 3. The minimum atomic E-state index is -0.494. The van der Waals surface area contributed by atoms with Gasteiger partial charge >= 0.3 is 0 Å². The number of rotatable bonds is 4. The summed E-state index contributed by atoms with van der Waals surface area (Å²) in [5, 5.41) is 8.72. The highest BCUT2D eigenvalue weighted by atomic mass is 19.1. The number of methoxy groups -OCH3 is 1. The Balaban J connectivity index is 2.13. The molecule has 2 aromatic rings. The summed E-state index contributed by atoms with van der Waals surface area (Å²) in [6, 6.07) is 14.1. The predicted molar refractivity (Wildman–Crippen MR) is 76.2 cm³/mol. The number of nitriles is 1. The SMILES string of the molecule is COc1ccc(CN(C)c2ccc(C#N)c(F)c2)cc1. The number of nitrogens with zero attached hydrogens (tertiary/aromatic N) is 2. The predicted octanol–water partition coefficient (Wildman–Crippen LogP) is 3.34. The lowest BCUT2D eigenvalue weighted by Gasteiger charge is -2.19. The second-order valence-corrected chi connectivity index (χ2v) is 4.48. The highest BCUT2D eigenvalue weighted by molar-refractivity contribution is 5.50. The summed E-state index contributed by atoms with van der Waals surface area (Å²) in [5.41, 5.74) is 1.89. The van der Waals surface area contributed by atoms with Crippen LogP contribution in [0.2, 0.25) is 0 Å². The summed E-state index contributed by atoms with van der Waals surface area (Å²) in [6.07, 6.45) is 0. The van der Waals surface area contributed by atoms with Gasteiger partial charge in [-0.25, -0.2) is 4.39 Å². The Morgan fingerprint density at radius 1 is 1.20 bits per heavy atom. The lowest BCUT2D eigenvalue weighted by Crippen LogP contribution is -2.16. The van der Waals surface area contributed by atoms with Crippen molar-refractivity contribution in [3.05, 3.63) is 59.4 Å². The summed E-state index contributed by atoms with van der Waals surface area (Å²) in [5.74, 6) is 0.312. The first-order valence-electron chi connectivity index (χ1n) is 6.17. The van der Waals surface area contributed by atoms with E-state index in [9.17, 15) is 4.39 Å². The third kappa shape index (κ3) is 3.07. The van der Waals surface area contributed by atoms with Crippen molar-refractivity contribution < 1.29 is 9.13 Å². The van der Waals surface area contributed by atoms with E-state index >= 15 is 0 Å². The molecule has 0 N–H and O–H groups in total. The molecule has 0 fully saturated rings. The van der Waals surface area contributed by atoms with Crippen molar-refractivity contribution in [3.8, 4) is 11.8 Å². The highest BCUT2D eigenvalue weighted by Gasteiger charge is 2.07. The van der Waals surface area contributed by atoms with Crippen LogP contribution in [0.5, 0.6) is 5.75 Å². The van der Waals surface area contributed by atoms with Gasteiger partial charge in [-0.15, -0.1) is 0 Å². The molecule has 102 valence electrons. The van der Waals surface area contributed by atoms with Gasteiger partial charge in [0.1, 0.15) is 17.6 Å². The minimum absolute atomic E-state index is 0.0617. The Hall–Kier alpha value is -2.54. The normalized spacial score (nSPS) is 9.90. The summed E-state index contributed by atoms with van der Waals surface area (Å²) >= 11 is 0. The monoisotopic (exact) mass is 270 g/mol. The van der Waals surface area contributed by atoms with E-state index in [1.807, 2.05) is 42.3 Å². The number of ether oxygens (including phenoxy) is 1. The Bertz CT molecular complexity index is 632. The van der Waals surface area contributed by atoms with Crippen LogP contribution in [0.4, 0.5) is 10.1 Å². The molecule has 2 rings (SSSR count). The van der Waals surface area contributed by atoms with Crippen LogP contribution in [0.3, 0.4) is 0 Å². The van der Waals surface area contributed by atoms with Gasteiger partial charge in [0.15, 0.2) is 0 Å². The van der Waals surface area contributed by atoms with Gasteiger partial charge in [0.05, 0.1) is 12.7 Å². The molecule has 0 atom stereocenters. The topological polar surface area (TPSA) is 36.3 Å². The van der Waals surface area contributed by atoms with Crippen LogP contribution in [0.1, 0.15) is 11.1 Å². The Labute approximate surface area is 117 Å². The van der Waals surface area contributed by atoms with Crippen LogP contribution in [0, 0.1) is 17.1 Å². The summed E-state index contributed by atoms with van der Waals surface area (Å²) in [7, 11) is 3.51. The number of hydrogen-bond donors (Lipinski definition) is 0. The zero-order chi connectivity index (χ0) is 14.5. The Kier molecular flexibility index (Phi) is 4.21. The van der Waals surface area contributed by atoms with Crippen molar-refractivity contribution in [1.29, 1.82) is 5.26 Å². The lowest BCUT2D eigenvalue weighted by atomic mass is 10.1. The molecule has 0 saturated heterocycles. The fourth-order valence-electron chi connectivity index (χ4n) is 1.93. The first kappa shape index (κ1) is 13.9. The van der Waals surface area contributed by atoms with E-state index in [1.165, 1.54) is 12.1 Å². The summed E-state index contributed by atoms with van der Waals surface area (Å²) in [6.45, 7) is 0.648. The maximum atomic E-state index is 13.6. The standard InChI is InChI=1S/C16H15FN2O/c1-19(11-12-3-7-15(20-2)8-4-12)14-6-5-13(10-18)16(17)9-14/h3-9H,11H2,1-2H3. The maximum Gasteiger partial charge on any atom is 0.143 e. The van der Waals surface area contributed by atoms with E-state index in [2.05, 4.69) is 0 Å². The zero-order valence-electron chi connectivity index (χ0n) is 11.4. The van der Waals surface area contributed by atoms with Crippen LogP contribution in [0.25, 0.3) is 0 Å². The van der Waals surface area contributed by atoms with Gasteiger partial charge in [0.25, 0.3) is 0 Å². The lowest BCUT2D eigenvalue weighted by molar-refractivity contribution is 0.414. The molecular formula is C16H15FN2O. The maximum absolute atomic E-state index is 13.6. The van der Waals surface area contributed by atoms with Crippen LogP contribution in [-0.4, -0.2) is 14.2 Å². The number of benzene rings is 2. The van der Waals surface area contributed by atoms with Gasteiger partial charge in [0.2, 0.25) is 0 Å². The molecule has 0 amide bonds. The van der Waals surface area contributed by atoms with Gasteiger partial charge in [-0.3, -0.25) is 0 Å². The van der Waals surface area contributed by atoms with E-state index in [1.54, 1.807) is 13.2 Å².